The van der Waals surface area contributed by atoms with E-state index in [9.17, 15) is 31.5 Å². The number of hydrogen-bond acceptors (Lipinski definition) is 4. The Morgan fingerprint density at radius 1 is 1.04 bits per heavy atom. The van der Waals surface area contributed by atoms with Crippen LogP contribution in [0.5, 0.6) is 0 Å². The summed E-state index contributed by atoms with van der Waals surface area (Å²) in [5.74, 6) is -1.82. The highest BCUT2D eigenvalue weighted by atomic mass is 35.5. The molecule has 152 valence electrons. The largest absolute Gasteiger partial charge is 0.426 e. The molecule has 0 aliphatic carbocycles. The molecule has 3 N–H and O–H groups in total. The fourth-order valence-corrected chi connectivity index (χ4v) is 3.40. The quantitative estimate of drug-likeness (QED) is 0.632. The van der Waals surface area contributed by atoms with E-state index in [1.54, 1.807) is 11.4 Å². The van der Waals surface area contributed by atoms with Gasteiger partial charge in [-0.1, -0.05) is 35.3 Å². The van der Waals surface area contributed by atoms with E-state index in [1.165, 1.54) is 18.2 Å². The molecule has 0 heterocycles. The third-order valence-electron chi connectivity index (χ3n) is 3.61. The van der Waals surface area contributed by atoms with Gasteiger partial charge in [0.1, 0.15) is 0 Å². The Labute approximate surface area is 168 Å². The minimum atomic E-state index is -5.25. The molecule has 0 aliphatic heterocycles. The van der Waals surface area contributed by atoms with Crippen molar-refractivity contribution in [3.05, 3.63) is 52.5 Å². The van der Waals surface area contributed by atoms with E-state index in [2.05, 4.69) is 4.72 Å². The number of aliphatic hydroxyl groups is 1. The summed E-state index contributed by atoms with van der Waals surface area (Å²) in [6.07, 6.45) is -5.25. The standard InChI is InChI=1S/C16H13Cl2F3N2O4S/c1-15(25,16(19,20)21)14(24)22-13-8-9(6-7-11(13)18)28(26,27)23-12-5-3-2-4-10(12)17/h2-8,23,25H,1H3,(H,22,24)/t15-/m1/s1. The topological polar surface area (TPSA) is 95.5 Å². The van der Waals surface area contributed by atoms with Crippen LogP contribution in [-0.4, -0.2) is 31.2 Å². The molecular formula is C16H13Cl2F3N2O4S. The van der Waals surface area contributed by atoms with Crippen LogP contribution in [0.4, 0.5) is 24.5 Å². The van der Waals surface area contributed by atoms with E-state index >= 15 is 0 Å². The number of carbonyl (C=O) groups excluding carboxylic acids is 1. The van der Waals surface area contributed by atoms with E-state index in [1.807, 2.05) is 0 Å². The number of alkyl halides is 3. The predicted molar refractivity (Wildman–Crippen MR) is 99.0 cm³/mol. The summed E-state index contributed by atoms with van der Waals surface area (Å²) >= 11 is 11.7. The maximum Gasteiger partial charge on any atom is 0.426 e. The van der Waals surface area contributed by atoms with Crippen LogP contribution in [0, 0.1) is 0 Å². The van der Waals surface area contributed by atoms with Gasteiger partial charge in [-0.05, 0) is 37.3 Å². The summed E-state index contributed by atoms with van der Waals surface area (Å²) in [6.45, 7) is 0.260. The number of halogens is 5. The molecule has 12 heteroatoms. The molecule has 0 spiro atoms. The van der Waals surface area contributed by atoms with Crippen LogP contribution in [0.1, 0.15) is 6.92 Å². The van der Waals surface area contributed by atoms with Crippen LogP contribution in [0.3, 0.4) is 0 Å². The first-order valence-corrected chi connectivity index (χ1v) is 9.67. The molecule has 0 radical (unpaired) electrons. The van der Waals surface area contributed by atoms with E-state index < -0.39 is 38.3 Å². The maximum atomic E-state index is 12.8. The Balaban J connectivity index is 2.35. The van der Waals surface area contributed by atoms with Crippen molar-refractivity contribution in [2.75, 3.05) is 10.0 Å². The summed E-state index contributed by atoms with van der Waals surface area (Å²) in [5.41, 5.74) is -4.07. The lowest BCUT2D eigenvalue weighted by Crippen LogP contribution is -2.52. The van der Waals surface area contributed by atoms with Crippen molar-refractivity contribution in [3.63, 3.8) is 0 Å². The number of hydrogen-bond donors (Lipinski definition) is 3. The normalized spacial score (nSPS) is 14.2. The van der Waals surface area contributed by atoms with Crippen LogP contribution in [-0.2, 0) is 14.8 Å². The lowest BCUT2D eigenvalue weighted by atomic mass is 10.1. The first kappa shape index (κ1) is 22.3. The highest BCUT2D eigenvalue weighted by molar-refractivity contribution is 7.92. The van der Waals surface area contributed by atoms with Crippen molar-refractivity contribution in [3.8, 4) is 0 Å². The lowest BCUT2D eigenvalue weighted by molar-refractivity contribution is -0.242. The molecule has 6 nitrogen and oxygen atoms in total. The average molecular weight is 457 g/mol. The van der Waals surface area contributed by atoms with Gasteiger partial charge < -0.3 is 10.4 Å². The van der Waals surface area contributed by atoms with Gasteiger partial charge in [-0.15, -0.1) is 0 Å². The number of nitrogens with one attached hydrogen (secondary N) is 2. The second-order valence-electron chi connectivity index (χ2n) is 5.75. The number of para-hydroxylation sites is 1. The third kappa shape index (κ3) is 4.69. The van der Waals surface area contributed by atoms with Crippen LogP contribution in [0.2, 0.25) is 10.0 Å². The van der Waals surface area contributed by atoms with E-state index in [0.29, 0.717) is 0 Å². The van der Waals surface area contributed by atoms with Gasteiger partial charge in [-0.3, -0.25) is 9.52 Å². The number of sulfonamides is 1. The van der Waals surface area contributed by atoms with Crippen molar-refractivity contribution in [2.45, 2.75) is 23.6 Å². The molecule has 1 atom stereocenters. The third-order valence-corrected chi connectivity index (χ3v) is 5.63. The van der Waals surface area contributed by atoms with Crippen LogP contribution >= 0.6 is 23.2 Å². The molecule has 0 aliphatic rings. The zero-order valence-electron chi connectivity index (χ0n) is 14.0. The smallest absolute Gasteiger partial charge is 0.373 e. The summed E-state index contributed by atoms with van der Waals surface area (Å²) in [7, 11) is -4.20. The average Bonchev–Trinajstić information content (AvgIpc) is 2.57. The number of carbonyl (C=O) groups is 1. The zero-order valence-corrected chi connectivity index (χ0v) is 16.3. The second-order valence-corrected chi connectivity index (χ2v) is 8.25. The molecule has 0 unspecified atom stereocenters. The first-order chi connectivity index (χ1) is 12.8. The minimum Gasteiger partial charge on any atom is -0.373 e. The van der Waals surface area contributed by atoms with Gasteiger partial charge in [-0.2, -0.15) is 13.2 Å². The zero-order chi connectivity index (χ0) is 21.3. The number of rotatable bonds is 5. The molecule has 0 bridgehead atoms. The fourth-order valence-electron chi connectivity index (χ4n) is 1.89. The van der Waals surface area contributed by atoms with Crippen molar-refractivity contribution >= 4 is 50.5 Å². The van der Waals surface area contributed by atoms with Crippen LogP contribution in [0.25, 0.3) is 0 Å². The molecule has 0 fully saturated rings. The summed E-state index contributed by atoms with van der Waals surface area (Å²) in [5, 5.41) is 11.1. The summed E-state index contributed by atoms with van der Waals surface area (Å²) in [6, 6.07) is 8.98. The maximum absolute atomic E-state index is 12.8. The van der Waals surface area contributed by atoms with Crippen LogP contribution < -0.4 is 10.0 Å². The lowest BCUT2D eigenvalue weighted by Gasteiger charge is -2.25. The van der Waals surface area contributed by atoms with Crippen molar-refractivity contribution in [1.82, 2.24) is 0 Å². The fraction of sp³-hybridized carbons (Fsp3) is 0.188. The Bertz CT molecular complexity index is 1010. The number of anilines is 2. The monoisotopic (exact) mass is 456 g/mol. The van der Waals surface area contributed by atoms with Gasteiger partial charge in [0, 0.05) is 0 Å². The van der Waals surface area contributed by atoms with Crippen molar-refractivity contribution in [2.24, 2.45) is 0 Å². The Morgan fingerprint density at radius 2 is 1.61 bits per heavy atom. The van der Waals surface area contributed by atoms with Gasteiger partial charge in [0.2, 0.25) is 5.60 Å². The molecule has 28 heavy (non-hydrogen) atoms. The first-order valence-electron chi connectivity index (χ1n) is 7.43. The second kappa shape index (κ2) is 7.78. The molecular weight excluding hydrogens is 444 g/mol. The van der Waals surface area contributed by atoms with Gasteiger partial charge in [0.05, 0.1) is 26.3 Å². The van der Waals surface area contributed by atoms with Gasteiger partial charge in [0.15, 0.2) is 0 Å². The Morgan fingerprint density at radius 3 is 2.18 bits per heavy atom. The van der Waals surface area contributed by atoms with Crippen LogP contribution in [0.15, 0.2) is 47.4 Å². The molecule has 0 aromatic heterocycles. The Hall–Kier alpha value is -2.01. The van der Waals surface area contributed by atoms with Gasteiger partial charge in [0.25, 0.3) is 15.9 Å². The van der Waals surface area contributed by atoms with E-state index in [0.717, 1.165) is 18.2 Å². The molecule has 2 aromatic rings. The summed E-state index contributed by atoms with van der Waals surface area (Å²) in [4.78, 5) is 11.4. The number of amides is 1. The summed E-state index contributed by atoms with van der Waals surface area (Å²) < 4.78 is 65.5. The highest BCUT2D eigenvalue weighted by Gasteiger charge is 2.55. The van der Waals surface area contributed by atoms with E-state index in [4.69, 9.17) is 23.2 Å². The molecule has 0 saturated heterocycles. The number of benzene rings is 2. The highest BCUT2D eigenvalue weighted by Crippen LogP contribution is 2.33. The van der Waals surface area contributed by atoms with E-state index in [-0.39, 0.29) is 22.7 Å². The Kier molecular flexibility index (Phi) is 6.19. The molecule has 1 amide bonds. The van der Waals surface area contributed by atoms with Gasteiger partial charge >= 0.3 is 6.18 Å². The molecule has 2 rings (SSSR count). The molecule has 2 aromatic carbocycles. The SMILES string of the molecule is C[C@@](O)(C(=O)Nc1cc(S(=O)(=O)Nc2ccccc2Cl)ccc1Cl)C(F)(F)F. The molecule has 0 saturated carbocycles. The minimum absolute atomic E-state index is 0.0738. The van der Waals surface area contributed by atoms with Crippen molar-refractivity contribution < 1.29 is 31.5 Å². The van der Waals surface area contributed by atoms with Gasteiger partial charge in [-0.25, -0.2) is 8.42 Å². The predicted octanol–water partition coefficient (Wildman–Crippen LogP) is 4.05. The van der Waals surface area contributed by atoms with Crippen molar-refractivity contribution in [1.29, 1.82) is 0 Å².